The smallest absolute Gasteiger partial charge is 0.184 e. The molecule has 0 bridgehead atoms. The van der Waals surface area contributed by atoms with Crippen molar-refractivity contribution in [2.45, 2.75) is 72.1 Å². The number of nitrogens with two attached hydrogens (primary N) is 1. The van der Waals surface area contributed by atoms with Gasteiger partial charge in [-0.25, -0.2) is 0 Å². The van der Waals surface area contributed by atoms with Crippen LogP contribution in [-0.4, -0.2) is 16.6 Å². The third-order valence-electron chi connectivity index (χ3n) is 8.78. The Hall–Kier alpha value is -1.23. The van der Waals surface area contributed by atoms with Gasteiger partial charge in [0.25, 0.3) is 0 Å². The first-order chi connectivity index (χ1) is 12.8. The van der Waals surface area contributed by atoms with Gasteiger partial charge < -0.3 is 5.73 Å². The van der Waals surface area contributed by atoms with Crippen LogP contribution in [0.15, 0.2) is 16.8 Å². The van der Waals surface area contributed by atoms with E-state index < -0.39 is 0 Å². The van der Waals surface area contributed by atoms with Gasteiger partial charge in [-0.1, -0.05) is 19.4 Å². The highest BCUT2D eigenvalue weighted by molar-refractivity contribution is 7.80. The second kappa shape index (κ2) is 6.68. The predicted octanol–water partition coefficient (Wildman–Crippen LogP) is 4.34. The molecule has 0 aromatic carbocycles. The number of Topliss-reactive ketones (excluding diaryl/α,β-unsaturated/α-hetero) is 1. The highest BCUT2D eigenvalue weighted by atomic mass is 32.1. The monoisotopic (exact) mass is 387 g/mol. The number of nitrogens with zero attached hydrogens (tertiary/aromatic N) is 1. The molecule has 4 aliphatic rings. The Kier molecular flexibility index (Phi) is 4.73. The Morgan fingerprint density at radius 2 is 1.96 bits per heavy atom. The fourth-order valence-electron chi connectivity index (χ4n) is 7.45. The average molecular weight is 388 g/mol. The maximum atomic E-state index is 12.3. The molecule has 0 aliphatic heterocycles. The predicted molar refractivity (Wildman–Crippen MR) is 113 cm³/mol. The molecule has 3 saturated carbocycles. The molecule has 3 fully saturated rings. The Labute approximate surface area is 168 Å². The zero-order valence-electron chi connectivity index (χ0n) is 16.9. The van der Waals surface area contributed by atoms with E-state index in [0.29, 0.717) is 17.1 Å². The number of hydrazone groups is 1. The molecule has 3 N–H and O–H groups in total. The third kappa shape index (κ3) is 2.97. The molecule has 0 aromatic rings. The molecular weight excluding hydrogens is 354 g/mol. The molecular formula is C22H33N3OS. The fraction of sp³-hybridized carbons (Fsp3) is 0.773. The molecule has 148 valence electrons. The van der Waals surface area contributed by atoms with Crippen molar-refractivity contribution in [1.82, 2.24) is 5.43 Å². The number of hydrogen-bond donors (Lipinski definition) is 2. The molecule has 0 aromatic heterocycles. The first kappa shape index (κ1) is 19.1. The molecule has 4 rings (SSSR count). The van der Waals surface area contributed by atoms with Crippen LogP contribution >= 0.6 is 12.2 Å². The van der Waals surface area contributed by atoms with Crippen LogP contribution < -0.4 is 11.2 Å². The standard InChI is InChI=1S/C22H33N3OS/c1-13(26)17-6-7-18-16-5-4-14-12-15(24-25-20(23)27)8-10-21(14,2)19(16)9-11-22(17,18)3/h12,16-19H,4-11H2,1-3H3,(H3,23,25,27)/b24-15+/t16?,17?,18?,19?,21-,22+/m0/s1. The number of hydrogen-bond acceptors (Lipinski definition) is 3. The third-order valence-corrected chi connectivity index (χ3v) is 8.87. The van der Waals surface area contributed by atoms with E-state index >= 15 is 0 Å². The highest BCUT2D eigenvalue weighted by Crippen LogP contribution is 2.66. The van der Waals surface area contributed by atoms with E-state index in [2.05, 4.69) is 30.5 Å². The van der Waals surface area contributed by atoms with Crippen LogP contribution in [0.25, 0.3) is 0 Å². The lowest BCUT2D eigenvalue weighted by atomic mass is 9.46. The second-order valence-electron chi connectivity index (χ2n) is 9.87. The van der Waals surface area contributed by atoms with Gasteiger partial charge >= 0.3 is 0 Å². The molecule has 4 unspecified atom stereocenters. The zero-order valence-corrected chi connectivity index (χ0v) is 17.7. The maximum absolute atomic E-state index is 12.3. The van der Waals surface area contributed by atoms with Gasteiger partial charge in [0.2, 0.25) is 0 Å². The topological polar surface area (TPSA) is 67.5 Å². The van der Waals surface area contributed by atoms with Crippen LogP contribution in [0.4, 0.5) is 0 Å². The summed E-state index contributed by atoms with van der Waals surface area (Å²) in [4.78, 5) is 12.3. The summed E-state index contributed by atoms with van der Waals surface area (Å²) in [6.07, 6.45) is 11.7. The summed E-state index contributed by atoms with van der Waals surface area (Å²) in [6, 6.07) is 0. The minimum absolute atomic E-state index is 0.228. The molecule has 0 heterocycles. The lowest BCUT2D eigenvalue weighted by molar-refractivity contribution is -0.127. The van der Waals surface area contributed by atoms with Crippen LogP contribution in [0.5, 0.6) is 0 Å². The highest BCUT2D eigenvalue weighted by Gasteiger charge is 2.59. The number of nitrogens with one attached hydrogen (secondary N) is 1. The van der Waals surface area contributed by atoms with Gasteiger partial charge in [0.1, 0.15) is 5.78 Å². The molecule has 0 radical (unpaired) electrons. The summed E-state index contributed by atoms with van der Waals surface area (Å²) in [5, 5.41) is 4.62. The van der Waals surface area contributed by atoms with Gasteiger partial charge in [0, 0.05) is 5.92 Å². The van der Waals surface area contributed by atoms with Gasteiger partial charge in [-0.3, -0.25) is 10.2 Å². The number of ketones is 1. The first-order valence-corrected chi connectivity index (χ1v) is 11.0. The number of carbonyl (C=O) groups is 1. The first-order valence-electron chi connectivity index (χ1n) is 10.6. The number of rotatable bonds is 2. The normalized spacial score (nSPS) is 44.7. The Balaban J connectivity index is 1.59. The summed E-state index contributed by atoms with van der Waals surface area (Å²) in [5.41, 5.74) is 11.5. The van der Waals surface area contributed by atoms with Gasteiger partial charge in [-0.2, -0.15) is 5.10 Å². The van der Waals surface area contributed by atoms with Crippen LogP contribution in [0.3, 0.4) is 0 Å². The van der Waals surface area contributed by atoms with E-state index in [1.807, 2.05) is 6.92 Å². The van der Waals surface area contributed by atoms with E-state index in [4.69, 9.17) is 18.0 Å². The van der Waals surface area contributed by atoms with E-state index in [0.717, 1.165) is 42.7 Å². The summed E-state index contributed by atoms with van der Waals surface area (Å²) in [6.45, 7) is 6.73. The van der Waals surface area contributed by atoms with Crippen molar-refractivity contribution in [2.75, 3.05) is 0 Å². The minimum Gasteiger partial charge on any atom is -0.375 e. The van der Waals surface area contributed by atoms with Crippen molar-refractivity contribution >= 4 is 28.8 Å². The average Bonchev–Trinajstić information content (AvgIpc) is 2.97. The molecule has 6 atom stereocenters. The van der Waals surface area contributed by atoms with E-state index in [9.17, 15) is 4.79 Å². The van der Waals surface area contributed by atoms with Gasteiger partial charge in [-0.05, 0) is 105 Å². The van der Waals surface area contributed by atoms with Crippen LogP contribution in [0, 0.1) is 34.5 Å². The molecule has 5 heteroatoms. The van der Waals surface area contributed by atoms with E-state index in [1.54, 1.807) is 5.57 Å². The van der Waals surface area contributed by atoms with Crippen molar-refractivity contribution in [3.8, 4) is 0 Å². The zero-order chi connectivity index (χ0) is 19.4. The molecule has 4 nitrogen and oxygen atoms in total. The van der Waals surface area contributed by atoms with Crippen LogP contribution in [-0.2, 0) is 4.79 Å². The quantitative estimate of drug-likeness (QED) is 0.546. The van der Waals surface area contributed by atoms with Crippen molar-refractivity contribution in [3.05, 3.63) is 11.6 Å². The van der Waals surface area contributed by atoms with Gasteiger partial charge in [-0.15, -0.1) is 0 Å². The lowest BCUT2D eigenvalue weighted by Crippen LogP contribution is -2.51. The summed E-state index contributed by atoms with van der Waals surface area (Å²) < 4.78 is 0. The molecule has 0 amide bonds. The van der Waals surface area contributed by atoms with Crippen molar-refractivity contribution in [3.63, 3.8) is 0 Å². The summed E-state index contributed by atoms with van der Waals surface area (Å²) >= 11 is 4.87. The SMILES string of the molecule is CC(=O)C1CCC2C3CCC4=C/C(=N/NC(N)=S)CC[C@]4(C)C3CC[C@]12C. The fourth-order valence-corrected chi connectivity index (χ4v) is 7.50. The van der Waals surface area contributed by atoms with E-state index in [-0.39, 0.29) is 10.5 Å². The maximum Gasteiger partial charge on any atom is 0.184 e. The summed E-state index contributed by atoms with van der Waals surface area (Å²) in [5.74, 6) is 2.99. The molecule has 4 aliphatic carbocycles. The molecule has 0 saturated heterocycles. The van der Waals surface area contributed by atoms with Crippen LogP contribution in [0.2, 0.25) is 0 Å². The van der Waals surface area contributed by atoms with Gasteiger partial charge in [0.05, 0.1) is 5.71 Å². The van der Waals surface area contributed by atoms with Gasteiger partial charge in [0.15, 0.2) is 5.11 Å². The largest absolute Gasteiger partial charge is 0.375 e. The Bertz CT molecular complexity index is 729. The number of allylic oxidation sites excluding steroid dienone is 2. The molecule has 0 spiro atoms. The van der Waals surface area contributed by atoms with Crippen molar-refractivity contribution in [2.24, 2.45) is 45.3 Å². The Morgan fingerprint density at radius 3 is 2.67 bits per heavy atom. The second-order valence-corrected chi connectivity index (χ2v) is 10.3. The van der Waals surface area contributed by atoms with Crippen LogP contribution in [0.1, 0.15) is 72.1 Å². The minimum atomic E-state index is 0.228. The number of carbonyl (C=O) groups excluding carboxylic acids is 1. The summed E-state index contributed by atoms with van der Waals surface area (Å²) in [7, 11) is 0. The molecule has 27 heavy (non-hydrogen) atoms. The van der Waals surface area contributed by atoms with Crippen molar-refractivity contribution in [1.29, 1.82) is 0 Å². The van der Waals surface area contributed by atoms with Crippen molar-refractivity contribution < 1.29 is 4.79 Å². The number of fused-ring (bicyclic) bond motifs is 5. The van der Waals surface area contributed by atoms with E-state index in [1.165, 1.54) is 32.1 Å². The lowest BCUT2D eigenvalue weighted by Gasteiger charge is -2.58. The Morgan fingerprint density at radius 1 is 1.19 bits per heavy atom. The number of thiocarbonyl (C=S) groups is 1.